The van der Waals surface area contributed by atoms with E-state index in [1.165, 1.54) is 5.56 Å². The Morgan fingerprint density at radius 1 is 1.30 bits per heavy atom. The highest BCUT2D eigenvalue weighted by Gasteiger charge is 2.13. The Morgan fingerprint density at radius 2 is 1.90 bits per heavy atom. The molecule has 1 rings (SSSR count). The molecule has 0 aromatic heterocycles. The Labute approximate surface area is 127 Å². The number of nitrogens with zero attached hydrogens (tertiary/aromatic N) is 1. The first-order valence-corrected chi connectivity index (χ1v) is 7.05. The van der Waals surface area contributed by atoms with E-state index in [0.29, 0.717) is 11.7 Å². The zero-order valence-electron chi connectivity index (χ0n) is 12.7. The first-order valence-electron chi connectivity index (χ1n) is 6.64. The van der Waals surface area contributed by atoms with Crippen LogP contribution in [0.2, 0.25) is 0 Å². The van der Waals surface area contributed by atoms with Gasteiger partial charge in [0, 0.05) is 6.54 Å². The number of thiocarbonyl (C=S) groups is 1. The summed E-state index contributed by atoms with van der Waals surface area (Å²) in [4.78, 5) is 0. The zero-order chi connectivity index (χ0) is 15.2. The van der Waals surface area contributed by atoms with E-state index < -0.39 is 0 Å². The molecule has 20 heavy (non-hydrogen) atoms. The quantitative estimate of drug-likeness (QED) is 0.386. The van der Waals surface area contributed by atoms with Crippen LogP contribution in [0.15, 0.2) is 42.0 Å². The van der Waals surface area contributed by atoms with Crippen molar-refractivity contribution < 1.29 is 0 Å². The van der Waals surface area contributed by atoms with Crippen molar-refractivity contribution in [2.24, 2.45) is 5.10 Å². The van der Waals surface area contributed by atoms with Crippen molar-refractivity contribution in [3.63, 3.8) is 0 Å². The zero-order valence-corrected chi connectivity index (χ0v) is 13.5. The Bertz CT molecular complexity index is 495. The summed E-state index contributed by atoms with van der Waals surface area (Å²) in [6.45, 7) is 12.8. The highest BCUT2D eigenvalue weighted by atomic mass is 32.1. The molecule has 1 aromatic rings. The molecule has 0 aliphatic carbocycles. The van der Waals surface area contributed by atoms with Gasteiger partial charge in [-0.3, -0.25) is 5.43 Å². The van der Waals surface area contributed by atoms with Crippen LogP contribution in [-0.2, 0) is 5.41 Å². The monoisotopic (exact) mass is 289 g/mol. The van der Waals surface area contributed by atoms with Gasteiger partial charge in [-0.05, 0) is 35.7 Å². The fraction of sp³-hybridized carbons (Fsp3) is 0.375. The topological polar surface area (TPSA) is 36.4 Å². The molecule has 0 heterocycles. The van der Waals surface area contributed by atoms with E-state index in [-0.39, 0.29) is 5.41 Å². The summed E-state index contributed by atoms with van der Waals surface area (Å²) in [5.41, 5.74) is 6.27. The third-order valence-corrected chi connectivity index (χ3v) is 3.14. The summed E-state index contributed by atoms with van der Waals surface area (Å²) in [5.74, 6) is 0. The van der Waals surface area contributed by atoms with Crippen molar-refractivity contribution in [1.82, 2.24) is 10.7 Å². The summed E-state index contributed by atoms with van der Waals surface area (Å²) in [6.07, 6.45) is 1.75. The van der Waals surface area contributed by atoms with Crippen molar-refractivity contribution in [1.29, 1.82) is 0 Å². The predicted molar refractivity (Wildman–Crippen MR) is 91.3 cm³/mol. The molecule has 0 saturated carbocycles. The average Bonchev–Trinajstić information content (AvgIpc) is 2.41. The van der Waals surface area contributed by atoms with Crippen LogP contribution in [0, 0.1) is 0 Å². The fourth-order valence-electron chi connectivity index (χ4n) is 1.61. The molecule has 0 spiro atoms. The molecule has 3 nitrogen and oxygen atoms in total. The maximum atomic E-state index is 5.08. The second-order valence-electron chi connectivity index (χ2n) is 5.64. The highest BCUT2D eigenvalue weighted by molar-refractivity contribution is 7.80. The van der Waals surface area contributed by atoms with E-state index in [1.54, 1.807) is 6.08 Å². The third-order valence-electron chi connectivity index (χ3n) is 2.90. The molecule has 4 heteroatoms. The van der Waals surface area contributed by atoms with Gasteiger partial charge >= 0.3 is 0 Å². The van der Waals surface area contributed by atoms with E-state index in [9.17, 15) is 0 Å². The van der Waals surface area contributed by atoms with Gasteiger partial charge in [0.2, 0.25) is 0 Å². The smallest absolute Gasteiger partial charge is 0.187 e. The van der Waals surface area contributed by atoms with E-state index in [1.807, 2.05) is 6.92 Å². The Kier molecular flexibility index (Phi) is 5.89. The Hall–Kier alpha value is -1.68. The lowest BCUT2D eigenvalue weighted by molar-refractivity contribution is 0.590. The molecule has 0 fully saturated rings. The van der Waals surface area contributed by atoms with Gasteiger partial charge in [0.15, 0.2) is 5.11 Å². The first kappa shape index (κ1) is 16.4. The van der Waals surface area contributed by atoms with Gasteiger partial charge in [-0.1, -0.05) is 51.1 Å². The second-order valence-corrected chi connectivity index (χ2v) is 6.04. The minimum absolute atomic E-state index is 0.165. The lowest BCUT2D eigenvalue weighted by Crippen LogP contribution is -2.32. The van der Waals surface area contributed by atoms with Crippen LogP contribution in [-0.4, -0.2) is 17.4 Å². The molecule has 0 aliphatic rings. The molecule has 0 aliphatic heterocycles. The lowest BCUT2D eigenvalue weighted by atomic mass is 9.86. The fourth-order valence-corrected chi connectivity index (χ4v) is 1.74. The predicted octanol–water partition coefficient (Wildman–Crippen LogP) is 3.36. The van der Waals surface area contributed by atoms with Gasteiger partial charge in [-0.2, -0.15) is 5.10 Å². The summed E-state index contributed by atoms with van der Waals surface area (Å²) in [5, 5.41) is 7.73. The minimum Gasteiger partial charge on any atom is -0.358 e. The molecular formula is C16H23N3S. The average molecular weight is 289 g/mol. The summed E-state index contributed by atoms with van der Waals surface area (Å²) in [7, 11) is 0. The Balaban J connectivity index is 2.70. The largest absolute Gasteiger partial charge is 0.358 e. The SMILES string of the molecule is C=CCNC(=S)N/N=C(/C)c1ccc(C(C)(C)C)cc1. The molecule has 0 saturated heterocycles. The Morgan fingerprint density at radius 3 is 2.40 bits per heavy atom. The number of hydrogen-bond acceptors (Lipinski definition) is 2. The van der Waals surface area contributed by atoms with Crippen LogP contribution in [0.1, 0.15) is 38.8 Å². The van der Waals surface area contributed by atoms with Crippen molar-refractivity contribution in [3.05, 3.63) is 48.0 Å². The van der Waals surface area contributed by atoms with Crippen LogP contribution < -0.4 is 10.7 Å². The van der Waals surface area contributed by atoms with Gasteiger partial charge in [0.25, 0.3) is 0 Å². The first-order chi connectivity index (χ1) is 9.34. The molecule has 108 valence electrons. The number of nitrogens with one attached hydrogen (secondary N) is 2. The van der Waals surface area contributed by atoms with Crippen LogP contribution in [0.4, 0.5) is 0 Å². The second kappa shape index (κ2) is 7.20. The molecule has 0 bridgehead atoms. The molecule has 1 aromatic carbocycles. The standard InChI is InChI=1S/C16H23N3S/c1-6-11-17-15(20)19-18-12(2)13-7-9-14(10-8-13)16(3,4)5/h6-10H,1,11H2,2-5H3,(H2,17,19,20)/b18-12-. The van der Waals surface area contributed by atoms with Crippen molar-refractivity contribution in [2.45, 2.75) is 33.1 Å². The van der Waals surface area contributed by atoms with Crippen LogP contribution in [0.25, 0.3) is 0 Å². The van der Waals surface area contributed by atoms with Crippen LogP contribution >= 0.6 is 12.2 Å². The van der Waals surface area contributed by atoms with Crippen LogP contribution in [0.5, 0.6) is 0 Å². The normalized spacial score (nSPS) is 11.9. The number of hydrazone groups is 1. The van der Waals surface area contributed by atoms with Crippen molar-refractivity contribution in [2.75, 3.05) is 6.54 Å². The van der Waals surface area contributed by atoms with Gasteiger partial charge < -0.3 is 5.32 Å². The van der Waals surface area contributed by atoms with Gasteiger partial charge in [-0.15, -0.1) is 6.58 Å². The molecule has 2 N–H and O–H groups in total. The summed E-state index contributed by atoms with van der Waals surface area (Å²) >= 11 is 5.08. The number of hydrogen-bond donors (Lipinski definition) is 2. The van der Waals surface area contributed by atoms with E-state index in [0.717, 1.165) is 11.3 Å². The molecule has 0 atom stereocenters. The third kappa shape index (κ3) is 5.13. The minimum atomic E-state index is 0.165. The maximum absolute atomic E-state index is 5.08. The number of rotatable bonds is 4. The summed E-state index contributed by atoms with van der Waals surface area (Å²) in [6, 6.07) is 8.45. The maximum Gasteiger partial charge on any atom is 0.187 e. The lowest BCUT2D eigenvalue weighted by Gasteiger charge is -2.19. The molecule has 0 unspecified atom stereocenters. The van der Waals surface area contributed by atoms with E-state index in [4.69, 9.17) is 12.2 Å². The van der Waals surface area contributed by atoms with Crippen LogP contribution in [0.3, 0.4) is 0 Å². The van der Waals surface area contributed by atoms with Gasteiger partial charge in [-0.25, -0.2) is 0 Å². The van der Waals surface area contributed by atoms with Gasteiger partial charge in [0.1, 0.15) is 0 Å². The molecular weight excluding hydrogens is 266 g/mol. The highest BCUT2D eigenvalue weighted by Crippen LogP contribution is 2.22. The molecule has 0 radical (unpaired) electrons. The van der Waals surface area contributed by atoms with Gasteiger partial charge in [0.05, 0.1) is 5.71 Å². The van der Waals surface area contributed by atoms with E-state index >= 15 is 0 Å². The van der Waals surface area contributed by atoms with E-state index in [2.05, 4.69) is 67.5 Å². The summed E-state index contributed by atoms with van der Waals surface area (Å²) < 4.78 is 0. The van der Waals surface area contributed by atoms with Crippen molar-refractivity contribution >= 4 is 23.0 Å². The number of benzene rings is 1. The molecule has 0 amide bonds. The van der Waals surface area contributed by atoms with Crippen molar-refractivity contribution in [3.8, 4) is 0 Å².